The van der Waals surface area contributed by atoms with Crippen LogP contribution in [0, 0.1) is 5.92 Å². The van der Waals surface area contributed by atoms with Crippen LogP contribution in [0.2, 0.25) is 5.04 Å². The van der Waals surface area contributed by atoms with Gasteiger partial charge < -0.3 is 9.16 Å². The van der Waals surface area contributed by atoms with Gasteiger partial charge >= 0.3 is 6.09 Å². The molecule has 1 amide bonds. The van der Waals surface area contributed by atoms with Crippen LogP contribution in [-0.4, -0.2) is 64.4 Å². The Bertz CT molecular complexity index is 1180. The molecule has 4 rings (SSSR count). The highest BCUT2D eigenvalue weighted by atomic mass is 32.2. The third kappa shape index (κ3) is 5.85. The molecule has 2 aromatic carbocycles. The molecular formula is C29H41NO6SSi. The molecule has 38 heavy (non-hydrogen) atoms. The molecule has 9 heteroatoms. The monoisotopic (exact) mass is 559 g/mol. The molecule has 1 aliphatic carbocycles. The first kappa shape index (κ1) is 28.8. The van der Waals surface area contributed by atoms with E-state index < -0.39 is 36.2 Å². The first-order valence-electron chi connectivity index (χ1n) is 13.3. The fourth-order valence-corrected chi connectivity index (χ4v) is 11.3. The summed E-state index contributed by atoms with van der Waals surface area (Å²) in [4.78, 5) is 14.9. The second-order valence-electron chi connectivity index (χ2n) is 12.6. The number of likely N-dealkylation sites (tertiary alicyclic amines) is 1. The van der Waals surface area contributed by atoms with Crippen molar-refractivity contribution in [1.29, 1.82) is 0 Å². The number of hydrogen-bond donors (Lipinski definition) is 0. The third-order valence-corrected chi connectivity index (χ3v) is 13.2. The van der Waals surface area contributed by atoms with Crippen molar-refractivity contribution < 1.29 is 26.6 Å². The molecule has 208 valence electrons. The van der Waals surface area contributed by atoms with Gasteiger partial charge in [-0.2, -0.15) is 8.42 Å². The second kappa shape index (κ2) is 10.4. The molecule has 0 radical (unpaired) electrons. The van der Waals surface area contributed by atoms with E-state index in [4.69, 9.17) is 13.3 Å². The molecule has 2 fully saturated rings. The van der Waals surface area contributed by atoms with Crippen LogP contribution >= 0.6 is 0 Å². The SMILES string of the molecule is CC(C)(C)OC(=O)N1C2CC(O[Si](c3ccccc3)(c3ccccc3)C(C)(C)C)C(C2)C1COS(C)(=O)=O. The Balaban J connectivity index is 1.73. The van der Waals surface area contributed by atoms with Gasteiger partial charge in [-0.1, -0.05) is 81.4 Å². The van der Waals surface area contributed by atoms with Crippen molar-refractivity contribution in [3.8, 4) is 0 Å². The van der Waals surface area contributed by atoms with Gasteiger partial charge in [0, 0.05) is 12.0 Å². The van der Waals surface area contributed by atoms with Gasteiger partial charge in [0.2, 0.25) is 0 Å². The number of nitrogens with zero attached hydrogens (tertiary/aromatic N) is 1. The van der Waals surface area contributed by atoms with Gasteiger partial charge in [0.15, 0.2) is 0 Å². The Morgan fingerprint density at radius 3 is 1.89 bits per heavy atom. The van der Waals surface area contributed by atoms with E-state index in [-0.39, 0.29) is 29.7 Å². The van der Waals surface area contributed by atoms with E-state index in [9.17, 15) is 13.2 Å². The summed E-state index contributed by atoms with van der Waals surface area (Å²) in [6.45, 7) is 12.1. The first-order chi connectivity index (χ1) is 17.6. The summed E-state index contributed by atoms with van der Waals surface area (Å²) >= 11 is 0. The van der Waals surface area contributed by atoms with Crippen molar-refractivity contribution >= 4 is 34.9 Å². The summed E-state index contributed by atoms with van der Waals surface area (Å²) in [6.07, 6.45) is 1.84. The van der Waals surface area contributed by atoms with Crippen LogP contribution in [0.15, 0.2) is 60.7 Å². The third-order valence-electron chi connectivity index (χ3n) is 7.57. The lowest BCUT2D eigenvalue weighted by Gasteiger charge is -2.48. The smallest absolute Gasteiger partial charge is 0.410 e. The van der Waals surface area contributed by atoms with Gasteiger partial charge in [0.05, 0.1) is 25.0 Å². The van der Waals surface area contributed by atoms with Gasteiger partial charge in [-0.3, -0.25) is 9.08 Å². The summed E-state index contributed by atoms with van der Waals surface area (Å²) in [7, 11) is -6.51. The molecular weight excluding hydrogens is 518 g/mol. The first-order valence-corrected chi connectivity index (χ1v) is 17.0. The molecule has 2 aliphatic rings. The summed E-state index contributed by atoms with van der Waals surface area (Å²) in [5, 5.41) is 2.19. The van der Waals surface area contributed by atoms with E-state index in [0.29, 0.717) is 6.42 Å². The molecule has 0 aromatic heterocycles. The number of carbonyl (C=O) groups is 1. The van der Waals surface area contributed by atoms with Gasteiger partial charge in [0.1, 0.15) is 5.60 Å². The van der Waals surface area contributed by atoms with Crippen LogP contribution in [-0.2, 0) is 23.5 Å². The Hall–Kier alpha value is -2.20. The van der Waals surface area contributed by atoms with Crippen molar-refractivity contribution in [2.24, 2.45) is 5.92 Å². The highest BCUT2D eigenvalue weighted by Gasteiger charge is 2.59. The summed E-state index contributed by atoms with van der Waals surface area (Å²) in [6, 6.07) is 20.4. The van der Waals surface area contributed by atoms with Crippen LogP contribution in [0.25, 0.3) is 0 Å². The number of hydrogen-bond acceptors (Lipinski definition) is 6. The van der Waals surface area contributed by atoms with Crippen molar-refractivity contribution in [2.75, 3.05) is 12.9 Å². The fraction of sp³-hybridized carbons (Fsp3) is 0.552. The Morgan fingerprint density at radius 2 is 1.45 bits per heavy atom. The minimum atomic E-state index is -3.69. The minimum Gasteiger partial charge on any atom is -0.444 e. The van der Waals surface area contributed by atoms with Gasteiger partial charge in [-0.15, -0.1) is 0 Å². The van der Waals surface area contributed by atoms with Crippen LogP contribution in [0.4, 0.5) is 4.79 Å². The molecule has 7 nitrogen and oxygen atoms in total. The van der Waals surface area contributed by atoms with E-state index in [0.717, 1.165) is 12.7 Å². The predicted molar refractivity (Wildman–Crippen MR) is 152 cm³/mol. The Kier molecular flexibility index (Phi) is 7.89. The average Bonchev–Trinajstić information content (AvgIpc) is 3.38. The van der Waals surface area contributed by atoms with Crippen LogP contribution in [0.5, 0.6) is 0 Å². The van der Waals surface area contributed by atoms with Gasteiger partial charge in [-0.05, 0) is 49.0 Å². The molecule has 1 saturated heterocycles. The average molecular weight is 560 g/mol. The number of benzene rings is 2. The van der Waals surface area contributed by atoms with Crippen molar-refractivity contribution in [2.45, 2.75) is 83.2 Å². The molecule has 4 atom stereocenters. The molecule has 4 unspecified atom stereocenters. The fourth-order valence-electron chi connectivity index (χ4n) is 6.16. The minimum absolute atomic E-state index is 0.0732. The predicted octanol–water partition coefficient (Wildman–Crippen LogP) is 4.31. The summed E-state index contributed by atoms with van der Waals surface area (Å²) in [5.41, 5.74) is -0.661. The van der Waals surface area contributed by atoms with E-state index in [2.05, 4.69) is 69.3 Å². The number of ether oxygens (including phenoxy) is 1. The van der Waals surface area contributed by atoms with Gasteiger partial charge in [-0.25, -0.2) is 4.79 Å². The number of rotatable bonds is 7. The van der Waals surface area contributed by atoms with E-state index in [1.54, 1.807) is 4.90 Å². The Labute approximate surface area is 228 Å². The lowest BCUT2D eigenvalue weighted by atomic mass is 9.97. The lowest BCUT2D eigenvalue weighted by molar-refractivity contribution is -0.0163. The van der Waals surface area contributed by atoms with E-state index in [1.165, 1.54) is 10.4 Å². The van der Waals surface area contributed by atoms with Crippen molar-refractivity contribution in [3.05, 3.63) is 60.7 Å². The number of piperidine rings is 1. The van der Waals surface area contributed by atoms with Crippen molar-refractivity contribution in [1.82, 2.24) is 4.90 Å². The normalized spacial score (nSPS) is 24.0. The molecule has 2 bridgehead atoms. The number of amides is 1. The quantitative estimate of drug-likeness (QED) is 0.372. The molecule has 0 N–H and O–H groups in total. The maximum atomic E-state index is 13.2. The van der Waals surface area contributed by atoms with Gasteiger partial charge in [0.25, 0.3) is 18.4 Å². The maximum Gasteiger partial charge on any atom is 0.410 e. The molecule has 0 spiro atoms. The Morgan fingerprint density at radius 1 is 0.921 bits per heavy atom. The zero-order chi connectivity index (χ0) is 27.9. The van der Waals surface area contributed by atoms with Crippen LogP contribution in [0.1, 0.15) is 54.4 Å². The zero-order valence-corrected chi connectivity index (χ0v) is 25.3. The van der Waals surface area contributed by atoms with E-state index >= 15 is 0 Å². The maximum absolute atomic E-state index is 13.2. The lowest BCUT2D eigenvalue weighted by Crippen LogP contribution is -2.68. The second-order valence-corrected chi connectivity index (χ2v) is 18.4. The zero-order valence-electron chi connectivity index (χ0n) is 23.5. The van der Waals surface area contributed by atoms with Crippen LogP contribution in [0.3, 0.4) is 0 Å². The standard InChI is InChI=1S/C29H41NO6SSi/c1-28(2,3)35-27(31)30-21-18-24(25(30)20-34-37(7,32)33)26(19-21)36-38(29(4,5)6,22-14-10-8-11-15-22)23-16-12-9-13-17-23/h8-17,21,24-26H,18-20H2,1-7H3. The highest BCUT2D eigenvalue weighted by molar-refractivity contribution is 7.85. The largest absolute Gasteiger partial charge is 0.444 e. The summed E-state index contributed by atoms with van der Waals surface area (Å²) in [5.74, 6) is -0.0732. The van der Waals surface area contributed by atoms with Crippen molar-refractivity contribution in [3.63, 3.8) is 0 Å². The van der Waals surface area contributed by atoms with Crippen LogP contribution < -0.4 is 10.4 Å². The topological polar surface area (TPSA) is 82.1 Å². The molecule has 2 aromatic rings. The van der Waals surface area contributed by atoms with E-state index in [1.807, 2.05) is 32.9 Å². The highest BCUT2D eigenvalue weighted by Crippen LogP contribution is 2.48. The number of fused-ring (bicyclic) bond motifs is 2. The molecule has 1 aliphatic heterocycles. The number of carbonyl (C=O) groups excluding carboxylic acids is 1. The summed E-state index contributed by atoms with van der Waals surface area (Å²) < 4.78 is 42.3. The molecule has 1 heterocycles. The molecule has 1 saturated carbocycles.